The Bertz CT molecular complexity index is 580. The molecule has 0 radical (unpaired) electrons. The van der Waals surface area contributed by atoms with Gasteiger partial charge in [0.15, 0.2) is 0 Å². The third-order valence-electron chi connectivity index (χ3n) is 3.61. The molecule has 0 aliphatic heterocycles. The minimum absolute atomic E-state index is 0. The number of esters is 1. The van der Waals surface area contributed by atoms with Gasteiger partial charge < -0.3 is 9.47 Å². The van der Waals surface area contributed by atoms with Gasteiger partial charge in [0.25, 0.3) is 0 Å². The van der Waals surface area contributed by atoms with Crippen molar-refractivity contribution in [1.29, 1.82) is 0 Å². The molecule has 1 aromatic carbocycles. The molecule has 0 heterocycles. The number of benzene rings is 1. The second-order valence-corrected chi connectivity index (χ2v) is 6.57. The summed E-state index contributed by atoms with van der Waals surface area (Å²) in [7, 11) is 1.42. The van der Waals surface area contributed by atoms with Gasteiger partial charge in [-0.2, -0.15) is 0 Å². The molecule has 1 aliphatic carbocycles. The van der Waals surface area contributed by atoms with E-state index in [1.165, 1.54) is 12.7 Å². The van der Waals surface area contributed by atoms with E-state index in [1.54, 1.807) is 0 Å². The van der Waals surface area contributed by atoms with E-state index in [-0.39, 0.29) is 13.3 Å². The Morgan fingerprint density at radius 2 is 2.00 bits per heavy atom. The smallest absolute Gasteiger partial charge is 0.412 e. The molecule has 0 aromatic heterocycles. The first-order valence-electron chi connectivity index (χ1n) is 7.48. The highest BCUT2D eigenvalue weighted by atomic mass is 16.6. The lowest BCUT2D eigenvalue weighted by atomic mass is 9.84. The molecule has 5 nitrogen and oxygen atoms in total. The largest absolute Gasteiger partial charge is 0.469 e. The molecule has 1 unspecified atom stereocenters. The topological polar surface area (TPSA) is 64.6 Å². The molecule has 5 heteroatoms. The summed E-state index contributed by atoms with van der Waals surface area (Å²) >= 11 is 0. The molecule has 0 bridgehead atoms. The summed E-state index contributed by atoms with van der Waals surface area (Å²) in [6.07, 6.45) is 1.82. The van der Waals surface area contributed by atoms with Crippen molar-refractivity contribution in [3.63, 3.8) is 0 Å². The number of amides is 1. The zero-order chi connectivity index (χ0) is 16.3. The summed E-state index contributed by atoms with van der Waals surface area (Å²) < 4.78 is 10.1. The summed E-state index contributed by atoms with van der Waals surface area (Å²) in [5.41, 5.74) is 2.44. The van der Waals surface area contributed by atoms with Gasteiger partial charge in [-0.25, -0.2) is 4.79 Å². The van der Waals surface area contributed by atoms with Crippen LogP contribution in [0.5, 0.6) is 0 Å². The van der Waals surface area contributed by atoms with Crippen LogP contribution in [0, 0.1) is 5.92 Å². The van der Waals surface area contributed by atoms with Crippen molar-refractivity contribution in [2.75, 3.05) is 12.4 Å². The molecule has 1 N–H and O–H groups in total. The monoisotopic (exact) mass is 307 g/mol. The Kier molecular flexibility index (Phi) is 4.74. The van der Waals surface area contributed by atoms with Gasteiger partial charge in [-0.05, 0) is 63.3 Å². The molecule has 0 saturated heterocycles. The van der Waals surface area contributed by atoms with E-state index in [2.05, 4.69) is 5.32 Å². The van der Waals surface area contributed by atoms with Gasteiger partial charge in [-0.15, -0.1) is 0 Å². The van der Waals surface area contributed by atoms with E-state index in [9.17, 15) is 9.59 Å². The number of carbonyl (C=O) groups is 2. The number of carbonyl (C=O) groups excluding carboxylic acids is 2. The molecule has 0 saturated carbocycles. The fourth-order valence-electron chi connectivity index (χ4n) is 2.62. The quantitative estimate of drug-likeness (QED) is 0.849. The van der Waals surface area contributed by atoms with Crippen molar-refractivity contribution in [2.45, 2.75) is 45.6 Å². The Hall–Kier alpha value is -2.04. The first-order chi connectivity index (χ1) is 10.3. The van der Waals surface area contributed by atoms with Crippen molar-refractivity contribution in [3.8, 4) is 0 Å². The van der Waals surface area contributed by atoms with Crippen molar-refractivity contribution >= 4 is 17.7 Å². The molecular weight excluding hydrogens is 282 g/mol. The number of fused-ring (bicyclic) bond motifs is 1. The predicted octanol–water partition coefficient (Wildman–Crippen LogP) is 3.56. The number of methoxy groups -OCH3 is 1. The Morgan fingerprint density at radius 1 is 1.27 bits per heavy atom. The molecule has 22 heavy (non-hydrogen) atoms. The van der Waals surface area contributed by atoms with Gasteiger partial charge in [0.05, 0.1) is 13.0 Å². The van der Waals surface area contributed by atoms with Crippen LogP contribution in [0.25, 0.3) is 0 Å². The number of anilines is 1. The van der Waals surface area contributed by atoms with Crippen LogP contribution in [-0.2, 0) is 27.1 Å². The van der Waals surface area contributed by atoms with Crippen LogP contribution in [0.1, 0.15) is 39.7 Å². The van der Waals surface area contributed by atoms with E-state index < -0.39 is 11.7 Å². The summed E-state index contributed by atoms with van der Waals surface area (Å²) in [6.45, 7) is 5.46. The van der Waals surface area contributed by atoms with Crippen LogP contribution in [0.15, 0.2) is 18.2 Å². The van der Waals surface area contributed by atoms with Crippen LogP contribution in [0.4, 0.5) is 10.5 Å². The first kappa shape index (κ1) is 16.3. The van der Waals surface area contributed by atoms with E-state index in [4.69, 9.17) is 9.47 Å². The van der Waals surface area contributed by atoms with Gasteiger partial charge in [0.2, 0.25) is 0 Å². The summed E-state index contributed by atoms with van der Waals surface area (Å²) in [5.74, 6) is -0.273. The van der Waals surface area contributed by atoms with E-state index >= 15 is 0 Å². The zero-order valence-corrected chi connectivity index (χ0v) is 13.6. The van der Waals surface area contributed by atoms with Crippen molar-refractivity contribution in [3.05, 3.63) is 29.3 Å². The lowest BCUT2D eigenvalue weighted by Gasteiger charge is -2.24. The highest BCUT2D eigenvalue weighted by Gasteiger charge is 2.25. The lowest BCUT2D eigenvalue weighted by Crippen LogP contribution is -2.27. The van der Waals surface area contributed by atoms with Crippen LogP contribution in [-0.4, -0.2) is 24.8 Å². The first-order valence-corrected chi connectivity index (χ1v) is 7.48. The number of hydrogen-bond acceptors (Lipinski definition) is 4. The highest BCUT2D eigenvalue weighted by Crippen LogP contribution is 2.28. The minimum Gasteiger partial charge on any atom is -0.469 e. The summed E-state index contributed by atoms with van der Waals surface area (Å²) in [4.78, 5) is 23.5. The Morgan fingerprint density at radius 3 is 2.64 bits per heavy atom. The van der Waals surface area contributed by atoms with Gasteiger partial charge in [-0.3, -0.25) is 10.1 Å². The summed E-state index contributed by atoms with van der Waals surface area (Å²) in [6, 6.07) is 5.77. The third-order valence-corrected chi connectivity index (χ3v) is 3.61. The van der Waals surface area contributed by atoms with Gasteiger partial charge >= 0.3 is 12.1 Å². The van der Waals surface area contributed by atoms with Crippen molar-refractivity contribution in [1.82, 2.24) is 0 Å². The molecule has 1 amide bonds. The molecule has 1 aromatic rings. The van der Waals surface area contributed by atoms with Crippen molar-refractivity contribution < 1.29 is 20.5 Å². The average Bonchev–Trinajstić information content (AvgIpc) is 2.43. The van der Waals surface area contributed by atoms with Gasteiger partial charge in [0.1, 0.15) is 5.60 Å². The molecule has 2 rings (SSSR count). The average molecular weight is 307 g/mol. The number of nitrogens with one attached hydrogen (secondary N) is 1. The third kappa shape index (κ3) is 4.23. The standard InChI is InChI=1S/C17H23NO4.H2/c1-17(2,3)22-16(20)18-14-8-7-11-5-6-12(15(19)21-4)9-13(11)10-14;/h7-8,10,12H,5-6,9H2,1-4H3,(H,18,20);1H. The fourth-order valence-corrected chi connectivity index (χ4v) is 2.62. The SMILES string of the molecule is COC(=O)C1CCc2ccc(NC(=O)OC(C)(C)C)cc2C1.[HH]. The lowest BCUT2D eigenvalue weighted by molar-refractivity contribution is -0.145. The second-order valence-electron chi connectivity index (χ2n) is 6.57. The molecule has 1 atom stereocenters. The molecule has 1 aliphatic rings. The predicted molar refractivity (Wildman–Crippen MR) is 85.9 cm³/mol. The maximum Gasteiger partial charge on any atom is 0.412 e. The Labute approximate surface area is 132 Å². The number of hydrogen-bond donors (Lipinski definition) is 1. The Balaban J connectivity index is 0.00000264. The summed E-state index contributed by atoms with van der Waals surface area (Å²) in [5, 5.41) is 2.73. The van der Waals surface area contributed by atoms with Gasteiger partial charge in [-0.1, -0.05) is 6.07 Å². The number of rotatable bonds is 2. The number of ether oxygens (including phenoxy) is 2. The molecular formula is C17H25NO4. The second kappa shape index (κ2) is 6.38. The maximum absolute atomic E-state index is 11.8. The minimum atomic E-state index is -0.533. The van der Waals surface area contributed by atoms with E-state index in [0.717, 1.165) is 18.4 Å². The normalized spacial score (nSPS) is 17.4. The molecule has 122 valence electrons. The molecule has 0 spiro atoms. The van der Waals surface area contributed by atoms with E-state index in [1.807, 2.05) is 39.0 Å². The van der Waals surface area contributed by atoms with Crippen LogP contribution in [0.2, 0.25) is 0 Å². The van der Waals surface area contributed by atoms with Crippen LogP contribution < -0.4 is 5.32 Å². The van der Waals surface area contributed by atoms with Crippen LogP contribution in [0.3, 0.4) is 0 Å². The van der Waals surface area contributed by atoms with Gasteiger partial charge in [0, 0.05) is 7.11 Å². The number of aryl methyl sites for hydroxylation is 1. The fraction of sp³-hybridized carbons (Fsp3) is 0.529. The maximum atomic E-state index is 11.8. The highest BCUT2D eigenvalue weighted by molar-refractivity contribution is 5.85. The molecule has 0 fully saturated rings. The van der Waals surface area contributed by atoms with Crippen LogP contribution >= 0.6 is 0 Å². The van der Waals surface area contributed by atoms with Crippen molar-refractivity contribution in [2.24, 2.45) is 5.92 Å². The zero-order valence-electron chi connectivity index (χ0n) is 13.6. The van der Waals surface area contributed by atoms with E-state index in [0.29, 0.717) is 12.1 Å².